The van der Waals surface area contributed by atoms with E-state index >= 15 is 0 Å². The van der Waals surface area contributed by atoms with Gasteiger partial charge in [-0.25, -0.2) is 0 Å². The van der Waals surface area contributed by atoms with Crippen molar-refractivity contribution in [1.29, 1.82) is 0 Å². The highest BCUT2D eigenvalue weighted by Gasteiger charge is 2.41. The fourth-order valence-corrected chi connectivity index (χ4v) is 4.87. The molecule has 5 rings (SSSR count). The molecule has 1 aromatic heterocycles. The molecule has 1 atom stereocenters. The normalized spacial score (nSPS) is 17.9. The molecular weight excluding hydrogens is 390 g/mol. The summed E-state index contributed by atoms with van der Waals surface area (Å²) in [4.78, 5) is 26.8. The molecule has 6 nitrogen and oxygen atoms in total. The summed E-state index contributed by atoms with van der Waals surface area (Å²) in [5.41, 5.74) is 5.19. The number of carbonyl (C=O) groups excluding carboxylic acids is 2. The van der Waals surface area contributed by atoms with Crippen molar-refractivity contribution >= 4 is 28.4 Å². The lowest BCUT2D eigenvalue weighted by Gasteiger charge is -2.19. The van der Waals surface area contributed by atoms with Gasteiger partial charge in [-0.3, -0.25) is 14.5 Å². The Balaban J connectivity index is 1.80. The molecule has 158 valence electrons. The topological polar surface area (TPSA) is 74.6 Å². The van der Waals surface area contributed by atoms with Gasteiger partial charge in [0.15, 0.2) is 0 Å². The van der Waals surface area contributed by atoms with Crippen molar-refractivity contribution in [1.82, 2.24) is 9.47 Å². The molecule has 2 aromatic carbocycles. The average Bonchev–Trinajstić information content (AvgIpc) is 3.17. The lowest BCUT2D eigenvalue weighted by atomic mass is 9.84. The van der Waals surface area contributed by atoms with Gasteiger partial charge in [-0.2, -0.15) is 0 Å². The molecule has 0 aliphatic carbocycles. The highest BCUT2D eigenvalue weighted by atomic mass is 16.3. The van der Waals surface area contributed by atoms with Crippen LogP contribution in [0.15, 0.2) is 59.9 Å². The number of phenols is 1. The van der Waals surface area contributed by atoms with Crippen LogP contribution in [0.2, 0.25) is 0 Å². The molecule has 0 bridgehead atoms. The minimum Gasteiger partial charge on any atom is -0.508 e. The summed E-state index contributed by atoms with van der Waals surface area (Å²) in [6, 6.07) is 13.2. The number of phenolic OH excluding ortho intramolecular Hbond substituents is 1. The number of benzene rings is 2. The SMILES string of the molecule is CC(=O)N1CC2=C(C1=O)C(c1cccc(O)c1)c1cn(CC(C)C)c3cccc(c13)N2. The number of anilines is 1. The van der Waals surface area contributed by atoms with E-state index in [1.165, 1.54) is 11.8 Å². The molecule has 6 heteroatoms. The summed E-state index contributed by atoms with van der Waals surface area (Å²) in [5.74, 6) is -0.326. The van der Waals surface area contributed by atoms with Gasteiger partial charge in [0.1, 0.15) is 5.75 Å². The van der Waals surface area contributed by atoms with Gasteiger partial charge in [0, 0.05) is 42.4 Å². The first-order valence-electron chi connectivity index (χ1n) is 10.6. The Morgan fingerprint density at radius 1 is 1.23 bits per heavy atom. The Hall–Kier alpha value is -3.54. The van der Waals surface area contributed by atoms with Gasteiger partial charge < -0.3 is 15.0 Å². The van der Waals surface area contributed by atoms with E-state index in [0.29, 0.717) is 11.5 Å². The van der Waals surface area contributed by atoms with Crippen molar-refractivity contribution in [3.05, 3.63) is 71.1 Å². The summed E-state index contributed by atoms with van der Waals surface area (Å²) in [7, 11) is 0. The molecule has 0 radical (unpaired) electrons. The summed E-state index contributed by atoms with van der Waals surface area (Å²) < 4.78 is 2.24. The number of aromatic hydroxyl groups is 1. The Bertz CT molecular complexity index is 1270. The zero-order valence-electron chi connectivity index (χ0n) is 17.8. The number of nitrogens with one attached hydrogen (secondary N) is 1. The highest BCUT2D eigenvalue weighted by Crippen LogP contribution is 2.46. The average molecular weight is 415 g/mol. The van der Waals surface area contributed by atoms with Crippen molar-refractivity contribution in [2.75, 3.05) is 11.9 Å². The first-order chi connectivity index (χ1) is 14.8. The zero-order chi connectivity index (χ0) is 21.9. The number of carbonyl (C=O) groups is 2. The maximum atomic E-state index is 13.4. The lowest BCUT2D eigenvalue weighted by molar-refractivity contribution is -0.139. The second-order valence-corrected chi connectivity index (χ2v) is 8.79. The largest absolute Gasteiger partial charge is 0.508 e. The maximum absolute atomic E-state index is 13.4. The van der Waals surface area contributed by atoms with E-state index in [-0.39, 0.29) is 30.0 Å². The fourth-order valence-electron chi connectivity index (χ4n) is 4.87. The second-order valence-electron chi connectivity index (χ2n) is 8.79. The molecule has 0 spiro atoms. The lowest BCUT2D eigenvalue weighted by Crippen LogP contribution is -2.33. The Morgan fingerprint density at radius 2 is 2.00 bits per heavy atom. The van der Waals surface area contributed by atoms with Crippen molar-refractivity contribution in [3.8, 4) is 5.75 Å². The predicted molar refractivity (Wildman–Crippen MR) is 120 cm³/mol. The first-order valence-corrected chi connectivity index (χ1v) is 10.6. The summed E-state index contributed by atoms with van der Waals surface area (Å²) in [6.45, 7) is 6.85. The first kappa shape index (κ1) is 19.4. The predicted octanol–water partition coefficient (Wildman–Crippen LogP) is 4.20. The van der Waals surface area contributed by atoms with Crippen molar-refractivity contribution in [2.45, 2.75) is 33.2 Å². The fraction of sp³-hybridized carbons (Fsp3) is 0.280. The van der Waals surface area contributed by atoms with Crippen LogP contribution >= 0.6 is 0 Å². The number of hydrogen-bond acceptors (Lipinski definition) is 4. The maximum Gasteiger partial charge on any atom is 0.259 e. The number of imide groups is 1. The quantitative estimate of drug-likeness (QED) is 0.672. The summed E-state index contributed by atoms with van der Waals surface area (Å²) in [6.07, 6.45) is 2.13. The molecule has 2 aliphatic rings. The molecule has 1 unspecified atom stereocenters. The van der Waals surface area contributed by atoms with Gasteiger partial charge in [0.2, 0.25) is 5.91 Å². The Kier molecular flexibility index (Phi) is 4.39. The van der Waals surface area contributed by atoms with E-state index in [1.54, 1.807) is 18.2 Å². The number of hydrogen-bond donors (Lipinski definition) is 2. The third-order valence-corrected chi connectivity index (χ3v) is 6.08. The van der Waals surface area contributed by atoms with Crippen LogP contribution in [0, 0.1) is 5.92 Å². The van der Waals surface area contributed by atoms with Crippen LogP contribution in [0.4, 0.5) is 5.69 Å². The molecule has 0 saturated heterocycles. The monoisotopic (exact) mass is 415 g/mol. The van der Waals surface area contributed by atoms with Gasteiger partial charge in [-0.15, -0.1) is 0 Å². The zero-order valence-corrected chi connectivity index (χ0v) is 17.8. The van der Waals surface area contributed by atoms with Gasteiger partial charge in [-0.1, -0.05) is 32.0 Å². The molecule has 3 heterocycles. The van der Waals surface area contributed by atoms with E-state index < -0.39 is 0 Å². The number of amides is 2. The van der Waals surface area contributed by atoms with Crippen LogP contribution in [-0.4, -0.2) is 32.9 Å². The van der Waals surface area contributed by atoms with Crippen molar-refractivity contribution in [2.24, 2.45) is 5.92 Å². The number of aromatic nitrogens is 1. The molecule has 0 saturated carbocycles. The smallest absolute Gasteiger partial charge is 0.259 e. The number of rotatable bonds is 3. The molecule has 0 fully saturated rings. The highest BCUT2D eigenvalue weighted by molar-refractivity contribution is 6.11. The molecule has 2 N–H and O–H groups in total. The van der Waals surface area contributed by atoms with Gasteiger partial charge in [0.05, 0.1) is 17.6 Å². The van der Waals surface area contributed by atoms with E-state index in [0.717, 1.165) is 40.0 Å². The number of nitrogens with zero attached hydrogens (tertiary/aromatic N) is 2. The second kappa shape index (κ2) is 7.01. The van der Waals surface area contributed by atoms with E-state index in [2.05, 4.69) is 36.0 Å². The van der Waals surface area contributed by atoms with Crippen LogP contribution in [-0.2, 0) is 16.1 Å². The molecule has 2 amide bonds. The molecule has 31 heavy (non-hydrogen) atoms. The van der Waals surface area contributed by atoms with Crippen LogP contribution in [0.5, 0.6) is 5.75 Å². The summed E-state index contributed by atoms with van der Waals surface area (Å²) >= 11 is 0. The van der Waals surface area contributed by atoms with Crippen LogP contribution < -0.4 is 5.32 Å². The third kappa shape index (κ3) is 3.02. The van der Waals surface area contributed by atoms with Crippen LogP contribution in [0.3, 0.4) is 0 Å². The Morgan fingerprint density at radius 3 is 2.71 bits per heavy atom. The minimum absolute atomic E-state index is 0.150. The van der Waals surface area contributed by atoms with E-state index in [9.17, 15) is 14.7 Å². The standard InChI is InChI=1S/C25H25N3O3/c1-14(2)11-27-12-18-22(16-6-4-7-17(30)10-16)24-20(13-28(15(3)29)25(24)31)26-19-8-5-9-21(27)23(18)19/h4-10,12,14,22,26,30H,11,13H2,1-3H3. The van der Waals surface area contributed by atoms with E-state index in [1.807, 2.05) is 18.2 Å². The van der Waals surface area contributed by atoms with Gasteiger partial charge in [0.25, 0.3) is 5.91 Å². The molecular formula is C25H25N3O3. The third-order valence-electron chi connectivity index (χ3n) is 6.08. The minimum atomic E-state index is -0.383. The Labute approximate surface area is 180 Å². The van der Waals surface area contributed by atoms with Gasteiger partial charge in [-0.05, 0) is 41.3 Å². The van der Waals surface area contributed by atoms with E-state index in [4.69, 9.17) is 0 Å². The van der Waals surface area contributed by atoms with Gasteiger partial charge >= 0.3 is 0 Å². The molecule has 3 aromatic rings. The summed E-state index contributed by atoms with van der Waals surface area (Å²) in [5, 5.41) is 14.7. The molecule has 2 aliphatic heterocycles. The van der Waals surface area contributed by atoms with Crippen molar-refractivity contribution in [3.63, 3.8) is 0 Å². The van der Waals surface area contributed by atoms with Crippen LogP contribution in [0.1, 0.15) is 37.8 Å². The van der Waals surface area contributed by atoms with Crippen LogP contribution in [0.25, 0.3) is 10.9 Å². The van der Waals surface area contributed by atoms with Crippen molar-refractivity contribution < 1.29 is 14.7 Å².